The van der Waals surface area contributed by atoms with Crippen molar-refractivity contribution in [3.05, 3.63) is 48.0 Å². The molecule has 25 heavy (non-hydrogen) atoms. The van der Waals surface area contributed by atoms with Crippen LogP contribution in [-0.4, -0.2) is 59.4 Å². The third-order valence-corrected chi connectivity index (χ3v) is 5.99. The second-order valence-corrected chi connectivity index (χ2v) is 7.85. The Morgan fingerprint density at radius 2 is 2.12 bits per heavy atom. The predicted octanol–water partition coefficient (Wildman–Crippen LogP) is 0.138. The topological polar surface area (TPSA) is 115 Å². The monoisotopic (exact) mass is 364 g/mol. The summed E-state index contributed by atoms with van der Waals surface area (Å²) in [6, 6.07) is 5.82. The van der Waals surface area contributed by atoms with Gasteiger partial charge in [-0.25, -0.2) is 13.4 Å². The van der Waals surface area contributed by atoms with Crippen LogP contribution in [0.5, 0.6) is 0 Å². The Hall–Kier alpha value is -2.23. The summed E-state index contributed by atoms with van der Waals surface area (Å²) < 4.78 is 26.2. The van der Waals surface area contributed by atoms with Crippen LogP contribution >= 0.6 is 0 Å². The molecule has 3 rings (SSSR count). The summed E-state index contributed by atoms with van der Waals surface area (Å²) in [5.74, 6) is -0.264. The predicted molar refractivity (Wildman–Crippen MR) is 90.4 cm³/mol. The fourth-order valence-corrected chi connectivity index (χ4v) is 4.18. The lowest BCUT2D eigenvalue weighted by Crippen LogP contribution is -2.30. The molecular formula is C16H20N4O4S. The molecule has 2 heterocycles. The number of nitrogens with one attached hydrogen (secondary N) is 2. The van der Waals surface area contributed by atoms with Crippen molar-refractivity contribution in [2.45, 2.75) is 23.8 Å². The number of imidazole rings is 1. The number of aliphatic hydroxyl groups excluding tert-OH is 1. The van der Waals surface area contributed by atoms with Crippen molar-refractivity contribution in [3.63, 3.8) is 0 Å². The van der Waals surface area contributed by atoms with Gasteiger partial charge in [-0.1, -0.05) is 0 Å². The summed E-state index contributed by atoms with van der Waals surface area (Å²) in [6.07, 6.45) is 3.73. The highest BCUT2D eigenvalue weighted by Crippen LogP contribution is 2.21. The fourth-order valence-electron chi connectivity index (χ4n) is 2.69. The lowest BCUT2D eigenvalue weighted by Gasteiger charge is -2.15. The first kappa shape index (κ1) is 17.6. The lowest BCUT2D eigenvalue weighted by molar-refractivity contribution is 0.0954. The third kappa shape index (κ3) is 4.06. The average Bonchev–Trinajstić information content (AvgIpc) is 3.27. The first-order chi connectivity index (χ1) is 12.0. The third-order valence-electron chi connectivity index (χ3n) is 4.12. The smallest absolute Gasteiger partial charge is 0.251 e. The molecule has 1 fully saturated rings. The number of amides is 1. The van der Waals surface area contributed by atoms with E-state index < -0.39 is 16.1 Å². The molecule has 8 nitrogen and oxygen atoms in total. The summed E-state index contributed by atoms with van der Waals surface area (Å²) in [4.78, 5) is 19.1. The van der Waals surface area contributed by atoms with Gasteiger partial charge in [0.25, 0.3) is 5.91 Å². The Balaban J connectivity index is 1.60. The number of aromatic nitrogens is 2. The normalized spacial score (nSPS) is 18.4. The van der Waals surface area contributed by atoms with Crippen molar-refractivity contribution >= 4 is 15.9 Å². The summed E-state index contributed by atoms with van der Waals surface area (Å²) in [7, 11) is -3.63. The van der Waals surface area contributed by atoms with Crippen molar-refractivity contribution in [1.82, 2.24) is 19.6 Å². The Morgan fingerprint density at radius 3 is 2.72 bits per heavy atom. The molecule has 0 spiro atoms. The number of carbonyl (C=O) groups is 1. The molecule has 1 aromatic heterocycles. The van der Waals surface area contributed by atoms with E-state index >= 15 is 0 Å². The number of aromatic amines is 1. The van der Waals surface area contributed by atoms with Crippen molar-refractivity contribution in [2.75, 3.05) is 19.6 Å². The molecule has 1 unspecified atom stereocenters. The molecule has 9 heteroatoms. The van der Waals surface area contributed by atoms with Crippen LogP contribution in [0.1, 0.15) is 22.5 Å². The summed E-state index contributed by atoms with van der Waals surface area (Å²) in [5, 5.41) is 12.3. The molecule has 2 aromatic rings. The van der Waals surface area contributed by atoms with E-state index in [0.717, 1.165) is 5.69 Å². The molecule has 1 aliphatic heterocycles. The molecule has 1 saturated heterocycles. The van der Waals surface area contributed by atoms with Crippen LogP contribution in [0.25, 0.3) is 0 Å². The molecule has 1 aromatic carbocycles. The number of aliphatic hydroxyl groups is 1. The molecule has 0 aliphatic carbocycles. The quantitative estimate of drug-likeness (QED) is 0.674. The largest absolute Gasteiger partial charge is 0.392 e. The fraction of sp³-hybridized carbons (Fsp3) is 0.375. The van der Waals surface area contributed by atoms with E-state index in [1.165, 1.54) is 28.6 Å². The maximum atomic E-state index is 12.5. The molecule has 1 aliphatic rings. The van der Waals surface area contributed by atoms with Gasteiger partial charge in [0.2, 0.25) is 10.0 Å². The summed E-state index contributed by atoms with van der Waals surface area (Å²) in [6.45, 7) is 0.865. The number of sulfonamides is 1. The molecule has 1 amide bonds. The number of rotatable bonds is 6. The standard InChI is InChI=1S/C16H20N4O4S/c21-14-6-8-20(10-14)25(23,24)15-3-1-12(2-4-15)16(22)18-7-5-13-9-17-11-19-13/h1-4,9,11,14,21H,5-8,10H2,(H,17,19)(H,18,22). The van der Waals surface area contributed by atoms with Crippen LogP contribution < -0.4 is 5.32 Å². The van der Waals surface area contributed by atoms with Crippen molar-refractivity contribution in [3.8, 4) is 0 Å². The number of nitrogens with zero attached hydrogens (tertiary/aromatic N) is 2. The maximum absolute atomic E-state index is 12.5. The number of H-pyrrole nitrogens is 1. The number of carbonyl (C=O) groups excluding carboxylic acids is 1. The van der Waals surface area contributed by atoms with E-state index in [-0.39, 0.29) is 17.3 Å². The van der Waals surface area contributed by atoms with Crippen LogP contribution in [0.4, 0.5) is 0 Å². The maximum Gasteiger partial charge on any atom is 0.251 e. The summed E-state index contributed by atoms with van der Waals surface area (Å²) >= 11 is 0. The average molecular weight is 364 g/mol. The molecule has 134 valence electrons. The van der Waals surface area contributed by atoms with Crippen molar-refractivity contribution < 1.29 is 18.3 Å². The van der Waals surface area contributed by atoms with Gasteiger partial charge < -0.3 is 15.4 Å². The molecule has 3 N–H and O–H groups in total. The van der Waals surface area contributed by atoms with Gasteiger partial charge in [0, 0.05) is 43.5 Å². The van der Waals surface area contributed by atoms with E-state index in [4.69, 9.17) is 0 Å². The van der Waals surface area contributed by atoms with Crippen LogP contribution in [0, 0.1) is 0 Å². The van der Waals surface area contributed by atoms with Gasteiger partial charge in [-0.2, -0.15) is 4.31 Å². The van der Waals surface area contributed by atoms with Gasteiger partial charge in [-0.3, -0.25) is 4.79 Å². The molecule has 0 bridgehead atoms. The zero-order chi connectivity index (χ0) is 17.9. The Kier molecular flexibility index (Phi) is 5.16. The van der Waals surface area contributed by atoms with Gasteiger partial charge in [0.05, 0.1) is 17.3 Å². The van der Waals surface area contributed by atoms with E-state index in [1.807, 2.05) is 0 Å². The minimum absolute atomic E-state index is 0.109. The van der Waals surface area contributed by atoms with E-state index in [2.05, 4.69) is 15.3 Å². The Morgan fingerprint density at radius 1 is 1.36 bits per heavy atom. The van der Waals surface area contributed by atoms with Crippen molar-refractivity contribution in [1.29, 1.82) is 0 Å². The van der Waals surface area contributed by atoms with Crippen LogP contribution in [0.15, 0.2) is 41.7 Å². The Labute approximate surface area is 145 Å². The van der Waals surface area contributed by atoms with Crippen molar-refractivity contribution in [2.24, 2.45) is 0 Å². The second kappa shape index (κ2) is 7.34. The van der Waals surface area contributed by atoms with Gasteiger partial charge in [0.1, 0.15) is 0 Å². The number of benzene rings is 1. The number of hydrogen-bond acceptors (Lipinski definition) is 5. The van der Waals surface area contributed by atoms with Gasteiger partial charge >= 0.3 is 0 Å². The van der Waals surface area contributed by atoms with Gasteiger partial charge in [-0.05, 0) is 30.7 Å². The molecule has 0 radical (unpaired) electrons. The van der Waals surface area contributed by atoms with Crippen LogP contribution in [0.2, 0.25) is 0 Å². The second-order valence-electron chi connectivity index (χ2n) is 5.91. The lowest BCUT2D eigenvalue weighted by atomic mass is 10.2. The zero-order valence-corrected chi connectivity index (χ0v) is 14.4. The van der Waals surface area contributed by atoms with E-state index in [0.29, 0.717) is 31.5 Å². The van der Waals surface area contributed by atoms with Crippen LogP contribution in [-0.2, 0) is 16.4 Å². The number of hydrogen-bond donors (Lipinski definition) is 3. The minimum atomic E-state index is -3.63. The summed E-state index contributed by atoms with van der Waals surface area (Å²) in [5.41, 5.74) is 1.32. The first-order valence-electron chi connectivity index (χ1n) is 8.00. The van der Waals surface area contributed by atoms with E-state index in [9.17, 15) is 18.3 Å². The highest BCUT2D eigenvalue weighted by atomic mass is 32.2. The van der Waals surface area contributed by atoms with Crippen LogP contribution in [0.3, 0.4) is 0 Å². The Bertz CT molecular complexity index is 818. The minimum Gasteiger partial charge on any atom is -0.392 e. The van der Waals surface area contributed by atoms with Gasteiger partial charge in [0.15, 0.2) is 0 Å². The number of β-amino-alcohol motifs (C(OH)–C–C–N with tert-alkyl or cyclic N) is 1. The zero-order valence-electron chi connectivity index (χ0n) is 13.6. The molecular weight excluding hydrogens is 344 g/mol. The SMILES string of the molecule is O=C(NCCc1cnc[nH]1)c1ccc(S(=O)(=O)N2CCC(O)C2)cc1. The highest BCUT2D eigenvalue weighted by Gasteiger charge is 2.31. The highest BCUT2D eigenvalue weighted by molar-refractivity contribution is 7.89. The molecule has 0 saturated carbocycles. The van der Waals surface area contributed by atoms with E-state index in [1.54, 1.807) is 12.5 Å². The molecule has 1 atom stereocenters. The first-order valence-corrected chi connectivity index (χ1v) is 9.44. The van der Waals surface area contributed by atoms with Gasteiger partial charge in [-0.15, -0.1) is 0 Å².